The van der Waals surface area contributed by atoms with Crippen LogP contribution in [0.3, 0.4) is 0 Å². The number of phosphoric ester groups is 1. The molecule has 12 heteroatoms. The van der Waals surface area contributed by atoms with E-state index in [4.69, 9.17) is 24.8 Å². The van der Waals surface area contributed by atoms with Crippen LogP contribution >= 0.6 is 7.82 Å². The van der Waals surface area contributed by atoms with Crippen LogP contribution in [-0.2, 0) is 37.5 Å². The number of hydrogen-bond acceptors (Lipinski definition) is 9. The number of esters is 2. The lowest BCUT2D eigenvalue weighted by Crippen LogP contribution is -2.34. The van der Waals surface area contributed by atoms with Crippen LogP contribution in [-0.4, -0.2) is 59.9 Å². The number of carbonyl (C=O) groups is 3. The topological polar surface area (TPSA) is 172 Å². The van der Waals surface area contributed by atoms with Gasteiger partial charge in [0.25, 0.3) is 0 Å². The number of nitrogens with two attached hydrogens (primary N) is 1. The van der Waals surface area contributed by atoms with E-state index in [-0.39, 0.29) is 19.4 Å². The largest absolute Gasteiger partial charge is 0.480 e. The maximum Gasteiger partial charge on any atom is 0.472 e. The molecule has 322 valence electrons. The Morgan fingerprint density at radius 1 is 0.545 bits per heavy atom. The average molecular weight is 802 g/mol. The monoisotopic (exact) mass is 802 g/mol. The molecule has 55 heavy (non-hydrogen) atoms. The molecule has 0 radical (unpaired) electrons. The van der Waals surface area contributed by atoms with Crippen molar-refractivity contribution in [3.8, 4) is 0 Å². The van der Waals surface area contributed by atoms with Crippen molar-refractivity contribution in [2.24, 2.45) is 5.73 Å². The second kappa shape index (κ2) is 38.8. The van der Waals surface area contributed by atoms with Crippen molar-refractivity contribution in [1.82, 2.24) is 0 Å². The molecule has 0 rings (SSSR count). The molecule has 0 heterocycles. The Bertz CT molecular complexity index is 1040. The fourth-order valence-corrected chi connectivity index (χ4v) is 6.71. The zero-order valence-electron chi connectivity index (χ0n) is 34.8. The number of carboxylic acids is 1. The number of unbranched alkanes of at least 4 members (excludes halogenated alkanes) is 23. The smallest absolute Gasteiger partial charge is 0.472 e. The Balaban J connectivity index is 4.36. The van der Waals surface area contributed by atoms with Crippen molar-refractivity contribution in [2.75, 3.05) is 19.8 Å². The predicted octanol–water partition coefficient (Wildman–Crippen LogP) is 11.5. The van der Waals surface area contributed by atoms with E-state index < -0.39 is 51.1 Å². The van der Waals surface area contributed by atoms with E-state index in [1.807, 2.05) is 0 Å². The van der Waals surface area contributed by atoms with Crippen LogP contribution < -0.4 is 5.73 Å². The molecule has 1 unspecified atom stereocenters. The second-order valence-electron chi connectivity index (χ2n) is 14.8. The van der Waals surface area contributed by atoms with Gasteiger partial charge in [0, 0.05) is 12.8 Å². The minimum absolute atomic E-state index is 0.152. The molecule has 4 N–H and O–H groups in total. The lowest BCUT2D eigenvalue weighted by molar-refractivity contribution is -0.161. The van der Waals surface area contributed by atoms with Gasteiger partial charge >= 0.3 is 25.7 Å². The molecule has 11 nitrogen and oxygen atoms in total. The molecular formula is C43H80NO10P. The number of phosphoric acid groups is 1. The van der Waals surface area contributed by atoms with Crippen LogP contribution in [0, 0.1) is 0 Å². The predicted molar refractivity (Wildman–Crippen MR) is 222 cm³/mol. The van der Waals surface area contributed by atoms with Crippen LogP contribution in [0.4, 0.5) is 0 Å². The Hall–Kier alpha value is -2.04. The summed E-state index contributed by atoms with van der Waals surface area (Å²) in [7, 11) is -4.71. The van der Waals surface area contributed by atoms with Crippen LogP contribution in [0.2, 0.25) is 0 Å². The maximum absolute atomic E-state index is 12.6. The third-order valence-electron chi connectivity index (χ3n) is 9.42. The summed E-state index contributed by atoms with van der Waals surface area (Å²) in [5.74, 6) is -2.39. The van der Waals surface area contributed by atoms with Crippen molar-refractivity contribution < 1.29 is 47.5 Å². The van der Waals surface area contributed by atoms with Gasteiger partial charge in [-0.3, -0.25) is 23.4 Å². The SMILES string of the molecule is CCCCCCC/C=C\CCCCCCCC(=O)O[C@H](COC(=O)CCCCCCCCC/C=C\CCCCCCCC)COP(=O)(O)OC[C@H](N)C(=O)O. The lowest BCUT2D eigenvalue weighted by atomic mass is 10.1. The van der Waals surface area contributed by atoms with Crippen molar-refractivity contribution in [3.63, 3.8) is 0 Å². The van der Waals surface area contributed by atoms with E-state index in [0.717, 1.165) is 64.2 Å². The Morgan fingerprint density at radius 2 is 0.909 bits per heavy atom. The fraction of sp³-hybridized carbons (Fsp3) is 0.837. The summed E-state index contributed by atoms with van der Waals surface area (Å²) in [6, 6.07) is -1.52. The number of aliphatic carboxylic acids is 1. The quantitative estimate of drug-likeness (QED) is 0.0232. The number of rotatable bonds is 41. The summed E-state index contributed by atoms with van der Waals surface area (Å²) in [5.41, 5.74) is 5.33. The third-order valence-corrected chi connectivity index (χ3v) is 10.4. The molecule has 0 spiro atoms. The maximum atomic E-state index is 12.6. The molecule has 0 amide bonds. The van der Waals surface area contributed by atoms with Gasteiger partial charge in [-0.2, -0.15) is 0 Å². The first-order valence-corrected chi connectivity index (χ1v) is 23.4. The van der Waals surface area contributed by atoms with E-state index in [1.165, 1.54) is 96.3 Å². The van der Waals surface area contributed by atoms with Crippen LogP contribution in [0.5, 0.6) is 0 Å². The van der Waals surface area contributed by atoms with E-state index in [1.54, 1.807) is 0 Å². The highest BCUT2D eigenvalue weighted by molar-refractivity contribution is 7.47. The van der Waals surface area contributed by atoms with Crippen molar-refractivity contribution in [3.05, 3.63) is 24.3 Å². The molecule has 0 aromatic heterocycles. The summed E-state index contributed by atoms with van der Waals surface area (Å²) >= 11 is 0. The van der Waals surface area contributed by atoms with E-state index in [0.29, 0.717) is 12.8 Å². The fourth-order valence-electron chi connectivity index (χ4n) is 5.94. The summed E-state index contributed by atoms with van der Waals surface area (Å²) in [4.78, 5) is 45.9. The molecule has 0 saturated heterocycles. The molecule has 0 aromatic carbocycles. The summed E-state index contributed by atoms with van der Waals surface area (Å²) in [6.07, 6.45) is 39.5. The standard InChI is InChI=1S/C43H80NO10P/c1-3-5-7-9-11-13-15-17-19-20-21-23-24-26-28-30-32-34-41(45)51-36-39(37-52-55(49,50)53-38-40(44)43(47)48)54-42(46)35-33-31-29-27-25-22-18-16-14-12-10-8-6-4-2/h16-19,39-40H,3-15,20-38,44H2,1-2H3,(H,47,48)(H,49,50)/b18-16-,19-17-/t39-,40+/m1/s1. The molecule has 0 bridgehead atoms. The minimum Gasteiger partial charge on any atom is -0.480 e. The van der Waals surface area contributed by atoms with Gasteiger partial charge < -0.3 is 25.2 Å². The molecule has 0 aliphatic carbocycles. The van der Waals surface area contributed by atoms with Gasteiger partial charge in [0.05, 0.1) is 13.2 Å². The molecular weight excluding hydrogens is 721 g/mol. The van der Waals surface area contributed by atoms with Crippen LogP contribution in [0.15, 0.2) is 24.3 Å². The normalized spacial score (nSPS) is 14.0. The minimum atomic E-state index is -4.71. The summed E-state index contributed by atoms with van der Waals surface area (Å²) < 4.78 is 32.7. The molecule has 0 aromatic rings. The second-order valence-corrected chi connectivity index (χ2v) is 16.3. The van der Waals surface area contributed by atoms with Gasteiger partial charge in [-0.05, 0) is 64.2 Å². The molecule has 0 aliphatic heterocycles. The zero-order chi connectivity index (χ0) is 40.7. The van der Waals surface area contributed by atoms with Gasteiger partial charge in [0.2, 0.25) is 0 Å². The molecule has 0 saturated carbocycles. The summed E-state index contributed by atoms with van der Waals surface area (Å²) in [6.45, 7) is 2.78. The Morgan fingerprint density at radius 3 is 1.33 bits per heavy atom. The van der Waals surface area contributed by atoms with E-state index in [2.05, 4.69) is 42.7 Å². The number of hydrogen-bond donors (Lipinski definition) is 3. The molecule has 0 aliphatic rings. The first kappa shape index (κ1) is 53.0. The first-order chi connectivity index (χ1) is 26.6. The molecule has 0 fully saturated rings. The van der Waals surface area contributed by atoms with Crippen LogP contribution in [0.1, 0.15) is 200 Å². The van der Waals surface area contributed by atoms with Crippen LogP contribution in [0.25, 0.3) is 0 Å². The lowest BCUT2D eigenvalue weighted by Gasteiger charge is -2.20. The van der Waals surface area contributed by atoms with Gasteiger partial charge in [0.15, 0.2) is 6.10 Å². The summed E-state index contributed by atoms with van der Waals surface area (Å²) in [5, 5.41) is 8.88. The van der Waals surface area contributed by atoms with Gasteiger partial charge in [0.1, 0.15) is 12.6 Å². The Kier molecular flexibility index (Phi) is 37.4. The zero-order valence-corrected chi connectivity index (χ0v) is 35.7. The van der Waals surface area contributed by atoms with Crippen molar-refractivity contribution in [1.29, 1.82) is 0 Å². The number of carbonyl (C=O) groups excluding carboxylic acids is 2. The van der Waals surface area contributed by atoms with Gasteiger partial charge in [-0.25, -0.2) is 4.57 Å². The van der Waals surface area contributed by atoms with Gasteiger partial charge in [-0.15, -0.1) is 0 Å². The number of carboxylic acid groups (broad SMARTS) is 1. The third kappa shape index (κ3) is 38.6. The first-order valence-electron chi connectivity index (χ1n) is 21.9. The van der Waals surface area contributed by atoms with E-state index >= 15 is 0 Å². The van der Waals surface area contributed by atoms with Crippen molar-refractivity contribution >= 4 is 25.7 Å². The Labute approximate surface area is 334 Å². The number of allylic oxidation sites excluding steroid dienone is 4. The van der Waals surface area contributed by atoms with Crippen molar-refractivity contribution in [2.45, 2.75) is 212 Å². The number of ether oxygens (including phenoxy) is 2. The highest BCUT2D eigenvalue weighted by atomic mass is 31.2. The highest BCUT2D eigenvalue weighted by Crippen LogP contribution is 2.43. The van der Waals surface area contributed by atoms with Gasteiger partial charge in [-0.1, -0.05) is 147 Å². The van der Waals surface area contributed by atoms with E-state index in [9.17, 15) is 23.8 Å². The average Bonchev–Trinajstić information content (AvgIpc) is 3.16. The molecule has 3 atom stereocenters. The highest BCUT2D eigenvalue weighted by Gasteiger charge is 2.28.